The summed E-state index contributed by atoms with van der Waals surface area (Å²) in [5.41, 5.74) is 0.733. The van der Waals surface area contributed by atoms with Crippen molar-refractivity contribution in [3.8, 4) is 17.2 Å². The van der Waals surface area contributed by atoms with Crippen molar-refractivity contribution in [2.75, 3.05) is 27.9 Å². The maximum atomic E-state index is 12.9. The Morgan fingerprint density at radius 1 is 1.00 bits per heavy atom. The maximum Gasteiger partial charge on any atom is 0.261 e. The first-order chi connectivity index (χ1) is 14.3. The van der Waals surface area contributed by atoms with Crippen LogP contribution in [0.4, 0.5) is 0 Å². The van der Waals surface area contributed by atoms with Crippen LogP contribution in [0, 0.1) is 0 Å². The van der Waals surface area contributed by atoms with Gasteiger partial charge < -0.3 is 24.4 Å². The lowest BCUT2D eigenvalue weighted by Crippen LogP contribution is -2.48. The highest BCUT2D eigenvalue weighted by atomic mass is 35.5. The molecule has 0 saturated heterocycles. The van der Waals surface area contributed by atoms with E-state index in [1.165, 1.54) is 26.2 Å². The average Bonchev–Trinajstić information content (AvgIpc) is 2.76. The molecule has 9 heteroatoms. The Morgan fingerprint density at radius 2 is 1.60 bits per heavy atom. The SMILES string of the molecule is CNC(=O)[C@H](C)N(Cc1ccc(Cl)c(Cl)c1)C(=O)COc1cc(OC)cc(OC)c1. The zero-order valence-electron chi connectivity index (χ0n) is 17.2. The second kappa shape index (κ2) is 10.9. The normalized spacial score (nSPS) is 11.4. The van der Waals surface area contributed by atoms with Crippen LogP contribution < -0.4 is 19.5 Å². The van der Waals surface area contributed by atoms with E-state index in [1.807, 2.05) is 0 Å². The third kappa shape index (κ3) is 6.18. The summed E-state index contributed by atoms with van der Waals surface area (Å²) in [6.07, 6.45) is 0. The fourth-order valence-corrected chi connectivity index (χ4v) is 3.04. The van der Waals surface area contributed by atoms with Crippen LogP contribution in [0.5, 0.6) is 17.2 Å². The Morgan fingerprint density at radius 3 is 2.13 bits per heavy atom. The number of carbonyl (C=O) groups is 2. The van der Waals surface area contributed by atoms with Crippen molar-refractivity contribution in [3.63, 3.8) is 0 Å². The van der Waals surface area contributed by atoms with Crippen LogP contribution in [0.2, 0.25) is 10.0 Å². The number of hydrogen-bond acceptors (Lipinski definition) is 5. The third-order valence-electron chi connectivity index (χ3n) is 4.44. The lowest BCUT2D eigenvalue weighted by molar-refractivity contribution is -0.142. The second-order valence-corrected chi connectivity index (χ2v) is 7.21. The van der Waals surface area contributed by atoms with E-state index in [4.69, 9.17) is 37.4 Å². The summed E-state index contributed by atoms with van der Waals surface area (Å²) in [6.45, 7) is 1.52. The van der Waals surface area contributed by atoms with Crippen LogP contribution in [0.25, 0.3) is 0 Å². The Hall–Kier alpha value is -2.64. The number of methoxy groups -OCH3 is 2. The summed E-state index contributed by atoms with van der Waals surface area (Å²) < 4.78 is 16.1. The number of hydrogen-bond donors (Lipinski definition) is 1. The molecule has 0 saturated carbocycles. The predicted molar refractivity (Wildman–Crippen MR) is 116 cm³/mol. The standard InChI is InChI=1S/C21H24Cl2N2O5/c1-13(21(27)24-2)25(11-14-5-6-18(22)19(23)7-14)20(26)12-30-17-9-15(28-3)8-16(10-17)29-4/h5-10,13H,11-12H2,1-4H3,(H,24,27)/t13-/m0/s1. The number of nitrogens with zero attached hydrogens (tertiary/aromatic N) is 1. The molecule has 2 rings (SSSR count). The van der Waals surface area contributed by atoms with Crippen LogP contribution in [0.3, 0.4) is 0 Å². The highest BCUT2D eigenvalue weighted by molar-refractivity contribution is 6.42. The molecule has 7 nitrogen and oxygen atoms in total. The minimum atomic E-state index is -0.722. The molecule has 2 aromatic rings. The lowest BCUT2D eigenvalue weighted by Gasteiger charge is -2.28. The molecule has 0 aromatic heterocycles. The van der Waals surface area contributed by atoms with Gasteiger partial charge in [-0.3, -0.25) is 9.59 Å². The van der Waals surface area contributed by atoms with Gasteiger partial charge in [-0.05, 0) is 24.6 Å². The molecule has 0 aliphatic rings. The van der Waals surface area contributed by atoms with Crippen molar-refractivity contribution in [2.45, 2.75) is 19.5 Å². The number of amides is 2. The Kier molecular flexibility index (Phi) is 8.62. The van der Waals surface area contributed by atoms with Crippen LogP contribution in [-0.2, 0) is 16.1 Å². The van der Waals surface area contributed by atoms with Gasteiger partial charge in [0.1, 0.15) is 23.3 Å². The number of halogens is 2. The molecule has 0 spiro atoms. The molecule has 0 aliphatic carbocycles. The van der Waals surface area contributed by atoms with E-state index in [0.29, 0.717) is 27.3 Å². The van der Waals surface area contributed by atoms with Crippen molar-refractivity contribution < 1.29 is 23.8 Å². The molecule has 0 fully saturated rings. The van der Waals surface area contributed by atoms with E-state index >= 15 is 0 Å². The molecular formula is C21H24Cl2N2O5. The van der Waals surface area contributed by atoms with Crippen molar-refractivity contribution in [1.29, 1.82) is 0 Å². The predicted octanol–water partition coefficient (Wildman–Crippen LogP) is 3.55. The van der Waals surface area contributed by atoms with Gasteiger partial charge in [0, 0.05) is 31.8 Å². The summed E-state index contributed by atoms with van der Waals surface area (Å²) in [5, 5.41) is 3.34. The maximum absolute atomic E-state index is 12.9. The molecule has 0 unspecified atom stereocenters. The Bertz CT molecular complexity index is 885. The van der Waals surface area contributed by atoms with Gasteiger partial charge in [-0.1, -0.05) is 29.3 Å². The number of benzene rings is 2. The molecular weight excluding hydrogens is 431 g/mol. The average molecular weight is 455 g/mol. The van der Waals surface area contributed by atoms with Gasteiger partial charge in [0.05, 0.1) is 24.3 Å². The molecule has 1 atom stereocenters. The Balaban J connectivity index is 2.19. The molecule has 2 amide bonds. The van der Waals surface area contributed by atoms with Gasteiger partial charge in [-0.15, -0.1) is 0 Å². The van der Waals surface area contributed by atoms with Crippen molar-refractivity contribution in [3.05, 3.63) is 52.0 Å². The quantitative estimate of drug-likeness (QED) is 0.626. The van der Waals surface area contributed by atoms with Gasteiger partial charge in [0.2, 0.25) is 5.91 Å². The molecule has 0 bridgehead atoms. The Labute approximate surface area is 185 Å². The monoisotopic (exact) mass is 454 g/mol. The fourth-order valence-electron chi connectivity index (χ4n) is 2.72. The van der Waals surface area contributed by atoms with Gasteiger partial charge >= 0.3 is 0 Å². The number of carbonyl (C=O) groups excluding carboxylic acids is 2. The number of nitrogens with one attached hydrogen (secondary N) is 1. The first kappa shape index (κ1) is 23.6. The summed E-state index contributed by atoms with van der Waals surface area (Å²) in [7, 11) is 4.56. The highest BCUT2D eigenvalue weighted by Crippen LogP contribution is 2.28. The highest BCUT2D eigenvalue weighted by Gasteiger charge is 2.26. The van der Waals surface area contributed by atoms with Gasteiger partial charge in [0.25, 0.3) is 5.91 Å². The first-order valence-electron chi connectivity index (χ1n) is 9.10. The van der Waals surface area contributed by atoms with E-state index in [0.717, 1.165) is 5.56 Å². The van der Waals surface area contributed by atoms with Crippen LogP contribution in [-0.4, -0.2) is 50.6 Å². The van der Waals surface area contributed by atoms with Gasteiger partial charge in [0.15, 0.2) is 6.61 Å². The van der Waals surface area contributed by atoms with Gasteiger partial charge in [-0.2, -0.15) is 0 Å². The molecule has 2 aromatic carbocycles. The zero-order chi connectivity index (χ0) is 22.3. The molecule has 0 heterocycles. The minimum absolute atomic E-state index is 0.162. The smallest absolute Gasteiger partial charge is 0.261 e. The fraction of sp³-hybridized carbons (Fsp3) is 0.333. The molecule has 162 valence electrons. The van der Waals surface area contributed by atoms with Crippen LogP contribution >= 0.6 is 23.2 Å². The van der Waals surface area contributed by atoms with Crippen LogP contribution in [0.15, 0.2) is 36.4 Å². The van der Waals surface area contributed by atoms with Crippen LogP contribution in [0.1, 0.15) is 12.5 Å². The minimum Gasteiger partial charge on any atom is -0.496 e. The van der Waals surface area contributed by atoms with E-state index in [1.54, 1.807) is 43.3 Å². The summed E-state index contributed by atoms with van der Waals surface area (Å²) in [6, 6.07) is 9.31. The number of ether oxygens (including phenoxy) is 3. The molecule has 1 N–H and O–H groups in total. The van der Waals surface area contributed by atoms with Crippen molar-refractivity contribution in [2.24, 2.45) is 0 Å². The van der Waals surface area contributed by atoms with E-state index in [2.05, 4.69) is 5.32 Å². The molecule has 0 radical (unpaired) electrons. The first-order valence-corrected chi connectivity index (χ1v) is 9.85. The zero-order valence-corrected chi connectivity index (χ0v) is 18.7. The number of likely N-dealkylation sites (N-methyl/N-ethyl adjacent to an activating group) is 1. The van der Waals surface area contributed by atoms with E-state index in [9.17, 15) is 9.59 Å². The van der Waals surface area contributed by atoms with Crippen molar-refractivity contribution >= 4 is 35.0 Å². The van der Waals surface area contributed by atoms with E-state index in [-0.39, 0.29) is 25.0 Å². The largest absolute Gasteiger partial charge is 0.496 e. The summed E-state index contributed by atoms with van der Waals surface area (Å²) in [5.74, 6) is 0.790. The topological polar surface area (TPSA) is 77.1 Å². The van der Waals surface area contributed by atoms with Crippen molar-refractivity contribution in [1.82, 2.24) is 10.2 Å². The molecule has 0 aliphatic heterocycles. The van der Waals surface area contributed by atoms with Gasteiger partial charge in [-0.25, -0.2) is 0 Å². The third-order valence-corrected chi connectivity index (χ3v) is 5.18. The lowest BCUT2D eigenvalue weighted by atomic mass is 10.1. The second-order valence-electron chi connectivity index (χ2n) is 6.40. The molecule has 30 heavy (non-hydrogen) atoms. The summed E-state index contributed by atoms with van der Waals surface area (Å²) >= 11 is 12.0. The summed E-state index contributed by atoms with van der Waals surface area (Å²) in [4.78, 5) is 26.5. The number of rotatable bonds is 9. The van der Waals surface area contributed by atoms with E-state index < -0.39 is 6.04 Å².